The standard InChI is InChI=1S/C15H12F3N5O/c16-12-4-2-1-3-10(12)8-22-9-11(7-20-22)21-14(24)13-5-6-19-23(13)15(17)18/h1-7,9,15H,8H2,(H,21,24). The van der Waals surface area contributed by atoms with Crippen LogP contribution in [0, 0.1) is 5.82 Å². The van der Waals surface area contributed by atoms with Crippen LogP contribution in [-0.2, 0) is 6.54 Å². The van der Waals surface area contributed by atoms with E-state index >= 15 is 0 Å². The maximum atomic E-state index is 13.6. The van der Waals surface area contributed by atoms with Crippen molar-refractivity contribution in [3.8, 4) is 0 Å². The Hall–Kier alpha value is -3.10. The van der Waals surface area contributed by atoms with E-state index in [2.05, 4.69) is 15.5 Å². The van der Waals surface area contributed by atoms with E-state index in [1.165, 1.54) is 29.2 Å². The predicted molar refractivity (Wildman–Crippen MR) is 79.2 cm³/mol. The van der Waals surface area contributed by atoms with Crippen molar-refractivity contribution in [1.29, 1.82) is 0 Å². The van der Waals surface area contributed by atoms with E-state index in [4.69, 9.17) is 0 Å². The second-order valence-electron chi connectivity index (χ2n) is 4.91. The number of amides is 1. The molecule has 3 rings (SSSR count). The van der Waals surface area contributed by atoms with Gasteiger partial charge >= 0.3 is 6.55 Å². The number of nitrogens with one attached hydrogen (secondary N) is 1. The van der Waals surface area contributed by atoms with Crippen molar-refractivity contribution in [1.82, 2.24) is 19.6 Å². The molecule has 1 amide bonds. The minimum absolute atomic E-state index is 0.178. The summed E-state index contributed by atoms with van der Waals surface area (Å²) in [4.78, 5) is 12.0. The van der Waals surface area contributed by atoms with Crippen LogP contribution in [0.3, 0.4) is 0 Å². The molecule has 0 saturated carbocycles. The molecule has 0 unspecified atom stereocenters. The molecule has 0 bridgehead atoms. The number of anilines is 1. The van der Waals surface area contributed by atoms with Gasteiger partial charge in [-0.2, -0.15) is 23.7 Å². The van der Waals surface area contributed by atoms with E-state index < -0.39 is 12.5 Å². The van der Waals surface area contributed by atoms with Crippen molar-refractivity contribution in [3.63, 3.8) is 0 Å². The molecule has 0 fully saturated rings. The predicted octanol–water partition coefficient (Wildman–Crippen LogP) is 2.91. The zero-order chi connectivity index (χ0) is 17.1. The Bertz CT molecular complexity index is 858. The van der Waals surface area contributed by atoms with Gasteiger partial charge in [0.1, 0.15) is 11.5 Å². The van der Waals surface area contributed by atoms with Gasteiger partial charge in [0.15, 0.2) is 0 Å². The van der Waals surface area contributed by atoms with Gasteiger partial charge in [0, 0.05) is 18.0 Å². The summed E-state index contributed by atoms with van der Waals surface area (Å²) in [5.41, 5.74) is 0.472. The Kier molecular flexibility index (Phi) is 4.32. The second-order valence-corrected chi connectivity index (χ2v) is 4.91. The van der Waals surface area contributed by atoms with Crippen molar-refractivity contribution in [3.05, 3.63) is 66.0 Å². The number of aromatic nitrogens is 4. The van der Waals surface area contributed by atoms with Gasteiger partial charge in [-0.05, 0) is 12.1 Å². The van der Waals surface area contributed by atoms with Crippen LogP contribution < -0.4 is 5.32 Å². The zero-order valence-electron chi connectivity index (χ0n) is 12.2. The topological polar surface area (TPSA) is 64.7 Å². The third kappa shape index (κ3) is 3.29. The molecule has 24 heavy (non-hydrogen) atoms. The lowest BCUT2D eigenvalue weighted by atomic mass is 10.2. The first kappa shape index (κ1) is 15.8. The third-order valence-corrected chi connectivity index (χ3v) is 3.27. The molecular weight excluding hydrogens is 323 g/mol. The van der Waals surface area contributed by atoms with Crippen LogP contribution in [0.4, 0.5) is 18.9 Å². The van der Waals surface area contributed by atoms with E-state index in [0.717, 1.165) is 6.20 Å². The van der Waals surface area contributed by atoms with Crippen LogP contribution in [0.25, 0.3) is 0 Å². The van der Waals surface area contributed by atoms with Gasteiger partial charge in [0.25, 0.3) is 5.91 Å². The molecule has 9 heteroatoms. The molecule has 1 N–H and O–H groups in total. The van der Waals surface area contributed by atoms with Crippen molar-refractivity contribution in [2.24, 2.45) is 0 Å². The maximum absolute atomic E-state index is 13.6. The Morgan fingerprint density at radius 1 is 1.21 bits per heavy atom. The highest BCUT2D eigenvalue weighted by atomic mass is 19.3. The van der Waals surface area contributed by atoms with Crippen LogP contribution in [0.2, 0.25) is 0 Å². The summed E-state index contributed by atoms with van der Waals surface area (Å²) >= 11 is 0. The summed E-state index contributed by atoms with van der Waals surface area (Å²) in [5, 5.41) is 9.85. The molecule has 6 nitrogen and oxygen atoms in total. The van der Waals surface area contributed by atoms with Crippen LogP contribution in [-0.4, -0.2) is 25.5 Å². The maximum Gasteiger partial charge on any atom is 0.333 e. The molecule has 0 aliphatic rings. The van der Waals surface area contributed by atoms with E-state index in [-0.39, 0.29) is 18.1 Å². The lowest BCUT2D eigenvalue weighted by Gasteiger charge is -2.06. The number of benzene rings is 1. The van der Waals surface area contributed by atoms with Crippen LogP contribution >= 0.6 is 0 Å². The number of rotatable bonds is 5. The lowest BCUT2D eigenvalue weighted by Crippen LogP contribution is -2.18. The van der Waals surface area contributed by atoms with E-state index in [1.54, 1.807) is 18.2 Å². The first-order valence-corrected chi connectivity index (χ1v) is 6.93. The minimum atomic E-state index is -2.91. The summed E-state index contributed by atoms with van der Waals surface area (Å²) in [6.07, 6.45) is 3.94. The van der Waals surface area contributed by atoms with E-state index in [0.29, 0.717) is 15.9 Å². The summed E-state index contributed by atoms with van der Waals surface area (Å²) in [7, 11) is 0. The quantitative estimate of drug-likeness (QED) is 0.780. The molecule has 0 aliphatic heterocycles. The number of hydrogen-bond acceptors (Lipinski definition) is 3. The van der Waals surface area contributed by atoms with Crippen LogP contribution in [0.1, 0.15) is 22.6 Å². The molecule has 124 valence electrons. The summed E-state index contributed by atoms with van der Waals surface area (Å²) < 4.78 is 40.8. The largest absolute Gasteiger partial charge is 0.333 e. The fourth-order valence-electron chi connectivity index (χ4n) is 2.16. The number of hydrogen-bond donors (Lipinski definition) is 1. The first-order valence-electron chi connectivity index (χ1n) is 6.93. The fourth-order valence-corrected chi connectivity index (χ4v) is 2.16. The molecule has 0 spiro atoms. The van der Waals surface area contributed by atoms with Gasteiger partial charge < -0.3 is 5.32 Å². The average Bonchev–Trinajstić information content (AvgIpc) is 3.19. The Morgan fingerprint density at radius 3 is 2.75 bits per heavy atom. The molecule has 0 atom stereocenters. The molecule has 2 aromatic heterocycles. The Balaban J connectivity index is 1.71. The van der Waals surface area contributed by atoms with Gasteiger partial charge in [-0.25, -0.2) is 4.39 Å². The van der Waals surface area contributed by atoms with Crippen molar-refractivity contribution >= 4 is 11.6 Å². The lowest BCUT2D eigenvalue weighted by molar-refractivity contribution is 0.0520. The Morgan fingerprint density at radius 2 is 2.00 bits per heavy atom. The molecule has 0 saturated heterocycles. The van der Waals surface area contributed by atoms with Crippen molar-refractivity contribution in [2.75, 3.05) is 5.32 Å². The monoisotopic (exact) mass is 335 g/mol. The number of halogens is 3. The van der Waals surface area contributed by atoms with Crippen LogP contribution in [0.5, 0.6) is 0 Å². The smallest absolute Gasteiger partial charge is 0.318 e. The van der Waals surface area contributed by atoms with Gasteiger partial charge in [0.05, 0.1) is 18.4 Å². The van der Waals surface area contributed by atoms with Gasteiger partial charge in [0.2, 0.25) is 0 Å². The number of alkyl halides is 2. The van der Waals surface area contributed by atoms with E-state index in [9.17, 15) is 18.0 Å². The third-order valence-electron chi connectivity index (χ3n) is 3.27. The summed E-state index contributed by atoms with van der Waals surface area (Å²) in [5.74, 6) is -1.10. The fraction of sp³-hybridized carbons (Fsp3) is 0.133. The summed E-state index contributed by atoms with van der Waals surface area (Å²) in [6, 6.07) is 7.44. The Labute approximate surface area is 134 Å². The van der Waals surface area contributed by atoms with Gasteiger partial charge in [-0.3, -0.25) is 9.48 Å². The van der Waals surface area contributed by atoms with Gasteiger partial charge in [-0.15, -0.1) is 0 Å². The van der Waals surface area contributed by atoms with Gasteiger partial charge in [-0.1, -0.05) is 18.2 Å². The highest BCUT2D eigenvalue weighted by molar-refractivity contribution is 6.02. The first-order chi connectivity index (χ1) is 11.5. The SMILES string of the molecule is O=C(Nc1cnn(Cc2ccccc2F)c1)c1ccnn1C(F)F. The second kappa shape index (κ2) is 6.57. The zero-order valence-corrected chi connectivity index (χ0v) is 12.2. The molecule has 0 aliphatic carbocycles. The van der Waals surface area contributed by atoms with E-state index in [1.807, 2.05) is 0 Å². The highest BCUT2D eigenvalue weighted by Gasteiger charge is 2.18. The molecule has 3 aromatic rings. The van der Waals surface area contributed by atoms with Crippen molar-refractivity contribution in [2.45, 2.75) is 13.1 Å². The molecule has 0 radical (unpaired) electrons. The number of nitrogens with zero attached hydrogens (tertiary/aromatic N) is 4. The summed E-state index contributed by atoms with van der Waals surface area (Å²) in [6.45, 7) is -2.73. The van der Waals surface area contributed by atoms with Crippen molar-refractivity contribution < 1.29 is 18.0 Å². The average molecular weight is 335 g/mol. The highest BCUT2D eigenvalue weighted by Crippen LogP contribution is 2.15. The minimum Gasteiger partial charge on any atom is -0.318 e. The number of carbonyl (C=O) groups is 1. The molecule has 1 aromatic carbocycles. The molecule has 2 heterocycles. The number of carbonyl (C=O) groups excluding carboxylic acids is 1. The van der Waals surface area contributed by atoms with Crippen LogP contribution in [0.15, 0.2) is 48.9 Å². The molecular formula is C15H12F3N5O. The normalized spacial score (nSPS) is 11.0.